The molecule has 0 amide bonds. The van der Waals surface area contributed by atoms with Crippen LogP contribution in [0.3, 0.4) is 0 Å². The van der Waals surface area contributed by atoms with Crippen molar-refractivity contribution in [1.82, 2.24) is 15.0 Å². The first-order valence-corrected chi connectivity index (χ1v) is 10.8. The van der Waals surface area contributed by atoms with E-state index >= 15 is 0 Å². The van der Waals surface area contributed by atoms with Crippen LogP contribution < -0.4 is 11.1 Å². The Kier molecular flexibility index (Phi) is 6.88. The molecule has 2 heterocycles. The highest BCUT2D eigenvalue weighted by Gasteiger charge is 2.30. The first-order valence-electron chi connectivity index (χ1n) is 10.8. The summed E-state index contributed by atoms with van der Waals surface area (Å²) in [5.41, 5.74) is 8.82. The van der Waals surface area contributed by atoms with E-state index in [0.29, 0.717) is 29.3 Å². The highest BCUT2D eigenvalue weighted by Crippen LogP contribution is 2.35. The van der Waals surface area contributed by atoms with Crippen LogP contribution >= 0.6 is 0 Å². The summed E-state index contributed by atoms with van der Waals surface area (Å²) in [5.74, 6) is 0.452. The quantitative estimate of drug-likeness (QED) is 0.353. The van der Waals surface area contributed by atoms with Gasteiger partial charge in [0, 0.05) is 42.3 Å². The van der Waals surface area contributed by atoms with Gasteiger partial charge in [-0.1, -0.05) is 49.4 Å². The van der Waals surface area contributed by atoms with Crippen LogP contribution in [0.5, 0.6) is 0 Å². The zero-order valence-corrected chi connectivity index (χ0v) is 18.5. The Morgan fingerprint density at radius 2 is 1.68 bits per heavy atom. The lowest BCUT2D eigenvalue weighted by Gasteiger charge is -2.21. The maximum absolute atomic E-state index is 13.3. The number of nitrogens with zero attached hydrogens (tertiary/aromatic N) is 3. The minimum Gasteiger partial charge on any atom is -0.354 e. The van der Waals surface area contributed by atoms with Gasteiger partial charge in [-0.3, -0.25) is 4.98 Å². The normalized spacial score (nSPS) is 13.3. The average Bonchev–Trinajstić information content (AvgIpc) is 2.87. The third-order valence-electron chi connectivity index (χ3n) is 5.62. The van der Waals surface area contributed by atoms with Crippen molar-refractivity contribution in [2.45, 2.75) is 19.1 Å². The lowest BCUT2D eigenvalue weighted by molar-refractivity contribution is -0.137. The Balaban J connectivity index is 1.63. The molecule has 174 valence electrons. The van der Waals surface area contributed by atoms with Gasteiger partial charge in [-0.15, -0.1) is 0 Å². The molecule has 0 spiro atoms. The molecule has 0 saturated heterocycles. The van der Waals surface area contributed by atoms with Gasteiger partial charge >= 0.3 is 6.18 Å². The Morgan fingerprint density at radius 1 is 0.941 bits per heavy atom. The molecule has 2 atom stereocenters. The molecule has 0 aliphatic rings. The van der Waals surface area contributed by atoms with Gasteiger partial charge in [0.1, 0.15) is 0 Å². The fourth-order valence-corrected chi connectivity index (χ4v) is 3.65. The summed E-state index contributed by atoms with van der Waals surface area (Å²) in [6, 6.07) is 18.3. The maximum Gasteiger partial charge on any atom is 0.416 e. The molecule has 0 aliphatic carbocycles. The lowest BCUT2D eigenvalue weighted by Crippen LogP contribution is -2.25. The zero-order valence-electron chi connectivity index (χ0n) is 18.5. The van der Waals surface area contributed by atoms with E-state index in [1.165, 1.54) is 6.07 Å². The second-order valence-electron chi connectivity index (χ2n) is 8.06. The van der Waals surface area contributed by atoms with E-state index in [9.17, 15) is 13.2 Å². The number of nitrogens with one attached hydrogen (secondary N) is 1. The van der Waals surface area contributed by atoms with Gasteiger partial charge in [-0.25, -0.2) is 9.97 Å². The SMILES string of the molecule is C[C@@H](CNc1ncc(-c2cccc(C(F)(F)F)c2)c(-c2ccncc2)n1)[C@H](N)c1ccccc1. The van der Waals surface area contributed by atoms with Crippen molar-refractivity contribution >= 4 is 5.95 Å². The van der Waals surface area contributed by atoms with Gasteiger partial charge in [-0.05, 0) is 41.3 Å². The number of pyridine rings is 1. The van der Waals surface area contributed by atoms with Crippen molar-refractivity contribution in [2.24, 2.45) is 11.7 Å². The molecule has 5 nitrogen and oxygen atoms in total. The third-order valence-corrected chi connectivity index (χ3v) is 5.62. The first-order chi connectivity index (χ1) is 16.3. The summed E-state index contributed by atoms with van der Waals surface area (Å²) < 4.78 is 39.8. The molecule has 3 N–H and O–H groups in total. The Morgan fingerprint density at radius 3 is 2.38 bits per heavy atom. The van der Waals surface area contributed by atoms with Crippen molar-refractivity contribution in [2.75, 3.05) is 11.9 Å². The number of halogens is 3. The van der Waals surface area contributed by atoms with E-state index in [1.807, 2.05) is 37.3 Å². The van der Waals surface area contributed by atoms with E-state index < -0.39 is 11.7 Å². The number of hydrogen-bond acceptors (Lipinski definition) is 5. The minimum absolute atomic E-state index is 0.0820. The van der Waals surface area contributed by atoms with E-state index in [4.69, 9.17) is 5.73 Å². The predicted molar refractivity (Wildman–Crippen MR) is 127 cm³/mol. The lowest BCUT2D eigenvalue weighted by atomic mass is 9.95. The summed E-state index contributed by atoms with van der Waals surface area (Å²) in [6.45, 7) is 2.56. The monoisotopic (exact) mass is 463 g/mol. The molecule has 4 rings (SSSR count). The van der Waals surface area contributed by atoms with Crippen LogP contribution in [0.1, 0.15) is 24.1 Å². The molecule has 0 saturated carbocycles. The maximum atomic E-state index is 13.3. The Bertz CT molecular complexity index is 1230. The number of nitrogens with two attached hydrogens (primary N) is 1. The molecule has 0 unspecified atom stereocenters. The molecular weight excluding hydrogens is 439 g/mol. The summed E-state index contributed by atoms with van der Waals surface area (Å²) in [7, 11) is 0. The number of alkyl halides is 3. The van der Waals surface area contributed by atoms with E-state index in [1.54, 1.807) is 36.8 Å². The molecule has 8 heteroatoms. The Labute approximate surface area is 195 Å². The molecule has 34 heavy (non-hydrogen) atoms. The van der Waals surface area contributed by atoms with Crippen molar-refractivity contribution in [3.05, 3.63) is 96.4 Å². The van der Waals surface area contributed by atoms with Crippen molar-refractivity contribution < 1.29 is 13.2 Å². The number of anilines is 1. The van der Waals surface area contributed by atoms with E-state index in [-0.39, 0.29) is 12.0 Å². The third kappa shape index (κ3) is 5.40. The highest BCUT2D eigenvalue weighted by atomic mass is 19.4. The van der Waals surface area contributed by atoms with Gasteiger partial charge in [0.2, 0.25) is 5.95 Å². The van der Waals surface area contributed by atoms with Crippen LogP contribution in [-0.2, 0) is 6.18 Å². The van der Waals surface area contributed by atoms with E-state index in [2.05, 4.69) is 20.3 Å². The molecule has 0 radical (unpaired) electrons. The van der Waals surface area contributed by atoms with Crippen LogP contribution in [0.2, 0.25) is 0 Å². The predicted octanol–water partition coefficient (Wildman–Crippen LogP) is 5.97. The average molecular weight is 464 g/mol. The zero-order chi connectivity index (χ0) is 24.1. The van der Waals surface area contributed by atoms with Crippen LogP contribution in [0, 0.1) is 5.92 Å². The van der Waals surface area contributed by atoms with E-state index in [0.717, 1.165) is 23.3 Å². The number of rotatable bonds is 7. The number of benzene rings is 2. The van der Waals surface area contributed by atoms with Crippen molar-refractivity contribution in [3.63, 3.8) is 0 Å². The largest absolute Gasteiger partial charge is 0.416 e. The topological polar surface area (TPSA) is 76.7 Å². The second kappa shape index (κ2) is 10.0. The van der Waals surface area contributed by atoms with Gasteiger partial charge in [0.15, 0.2) is 0 Å². The summed E-state index contributed by atoms with van der Waals surface area (Å²) >= 11 is 0. The fraction of sp³-hybridized carbons (Fsp3) is 0.192. The van der Waals surface area contributed by atoms with Gasteiger partial charge in [0.25, 0.3) is 0 Å². The Hall–Kier alpha value is -3.78. The van der Waals surface area contributed by atoms with Crippen molar-refractivity contribution in [3.8, 4) is 22.4 Å². The minimum atomic E-state index is -4.44. The molecule has 4 aromatic rings. The van der Waals surface area contributed by atoms with Crippen LogP contribution in [0.25, 0.3) is 22.4 Å². The van der Waals surface area contributed by atoms with Gasteiger partial charge in [0.05, 0.1) is 11.3 Å². The highest BCUT2D eigenvalue weighted by molar-refractivity contribution is 5.81. The molecule has 0 aliphatic heterocycles. The molecule has 0 bridgehead atoms. The fourth-order valence-electron chi connectivity index (χ4n) is 3.65. The second-order valence-corrected chi connectivity index (χ2v) is 8.06. The van der Waals surface area contributed by atoms with Crippen molar-refractivity contribution in [1.29, 1.82) is 0 Å². The molecule has 2 aromatic carbocycles. The van der Waals surface area contributed by atoms with Crippen LogP contribution in [-0.4, -0.2) is 21.5 Å². The summed E-state index contributed by atoms with van der Waals surface area (Å²) in [5, 5.41) is 3.22. The molecule has 0 fully saturated rings. The van der Waals surface area contributed by atoms with Gasteiger partial charge < -0.3 is 11.1 Å². The number of aromatic nitrogens is 3. The smallest absolute Gasteiger partial charge is 0.354 e. The van der Waals surface area contributed by atoms with Crippen LogP contribution in [0.15, 0.2) is 85.3 Å². The number of hydrogen-bond donors (Lipinski definition) is 2. The van der Waals surface area contributed by atoms with Crippen LogP contribution in [0.4, 0.5) is 19.1 Å². The summed E-state index contributed by atoms with van der Waals surface area (Å²) in [4.78, 5) is 13.0. The van der Waals surface area contributed by atoms with Gasteiger partial charge in [-0.2, -0.15) is 13.2 Å². The molecular formula is C26H24F3N5. The molecule has 2 aromatic heterocycles. The standard InChI is InChI=1S/C26H24F3N5/c1-17(23(30)18-6-3-2-4-7-18)15-32-25-33-16-22(24(34-25)19-10-12-31-13-11-19)20-8-5-9-21(14-20)26(27,28)29/h2-14,16-17,23H,15,30H2,1H3,(H,32,33,34)/t17-,23-/m0/s1. The summed E-state index contributed by atoms with van der Waals surface area (Å²) in [6.07, 6.45) is 0.327. The first kappa shape index (κ1) is 23.4.